The van der Waals surface area contributed by atoms with Crippen LogP contribution in [0.4, 0.5) is 5.82 Å². The number of anilines is 1. The lowest BCUT2D eigenvalue weighted by Crippen LogP contribution is -2.20. The van der Waals surface area contributed by atoms with Gasteiger partial charge < -0.3 is 0 Å². The maximum absolute atomic E-state index is 11.6. The molecule has 4 nitrogen and oxygen atoms in total. The van der Waals surface area contributed by atoms with Crippen LogP contribution in [-0.4, -0.2) is 19.2 Å². The van der Waals surface area contributed by atoms with Gasteiger partial charge in [0, 0.05) is 4.47 Å². The molecule has 0 radical (unpaired) electrons. The Bertz CT molecular complexity index is 472. The minimum Gasteiger partial charge on any atom is -0.267 e. The van der Waals surface area contributed by atoms with E-state index in [2.05, 4.69) is 25.6 Å². The van der Waals surface area contributed by atoms with Crippen LogP contribution in [0.3, 0.4) is 0 Å². The molecule has 0 aliphatic heterocycles. The van der Waals surface area contributed by atoms with E-state index >= 15 is 0 Å². The van der Waals surface area contributed by atoms with Gasteiger partial charge in [-0.25, -0.2) is 13.4 Å². The molecule has 0 spiro atoms. The molecule has 1 rings (SSSR count). The minimum absolute atomic E-state index is 0.0917. The zero-order valence-corrected chi connectivity index (χ0v) is 11.9. The molecular formula is C10H15BrN2O2S. The van der Waals surface area contributed by atoms with Gasteiger partial charge in [-0.3, -0.25) is 4.72 Å². The molecule has 0 saturated carbocycles. The number of hydrogen-bond acceptors (Lipinski definition) is 3. The molecule has 1 aromatic rings. The predicted molar refractivity (Wildman–Crippen MR) is 68.9 cm³/mol. The van der Waals surface area contributed by atoms with Crippen LogP contribution in [-0.2, 0) is 10.0 Å². The number of sulfonamides is 1. The standard InChI is InChI=1S/C10H15BrN2O2S/c1-7(2)6-16(14,15)13-10-5-4-9(11)8(3)12-10/h4-5,7H,6H2,1-3H3,(H,12,13). The number of nitrogens with zero attached hydrogens (tertiary/aromatic N) is 1. The number of halogens is 1. The zero-order valence-electron chi connectivity index (χ0n) is 9.49. The third kappa shape index (κ3) is 4.09. The summed E-state index contributed by atoms with van der Waals surface area (Å²) in [5.74, 6) is 0.555. The average molecular weight is 307 g/mol. The number of hydrogen-bond donors (Lipinski definition) is 1. The first-order valence-corrected chi connectivity index (χ1v) is 7.38. The number of rotatable bonds is 4. The monoisotopic (exact) mass is 306 g/mol. The Kier molecular flexibility index (Phi) is 4.32. The largest absolute Gasteiger partial charge is 0.267 e. The lowest BCUT2D eigenvalue weighted by atomic mass is 10.3. The van der Waals surface area contributed by atoms with Crippen molar-refractivity contribution in [3.63, 3.8) is 0 Å². The van der Waals surface area contributed by atoms with Gasteiger partial charge in [-0.1, -0.05) is 13.8 Å². The third-order valence-corrected chi connectivity index (χ3v) is 4.30. The Labute approximate surface area is 105 Å². The highest BCUT2D eigenvalue weighted by molar-refractivity contribution is 9.10. The maximum atomic E-state index is 11.6. The van der Waals surface area contributed by atoms with Crippen molar-refractivity contribution in [3.8, 4) is 0 Å². The number of nitrogens with one attached hydrogen (secondary N) is 1. The summed E-state index contributed by atoms with van der Waals surface area (Å²) in [5.41, 5.74) is 0.754. The first-order chi connectivity index (χ1) is 7.30. The third-order valence-electron chi connectivity index (χ3n) is 1.83. The van der Waals surface area contributed by atoms with E-state index in [-0.39, 0.29) is 11.7 Å². The fraction of sp³-hybridized carbons (Fsp3) is 0.500. The molecule has 0 fully saturated rings. The quantitative estimate of drug-likeness (QED) is 0.930. The van der Waals surface area contributed by atoms with Crippen LogP contribution in [0.25, 0.3) is 0 Å². The summed E-state index contributed by atoms with van der Waals surface area (Å²) in [6.45, 7) is 5.53. The first-order valence-electron chi connectivity index (χ1n) is 4.94. The Balaban J connectivity index is 2.84. The van der Waals surface area contributed by atoms with Crippen molar-refractivity contribution in [2.24, 2.45) is 5.92 Å². The van der Waals surface area contributed by atoms with Gasteiger partial charge in [-0.05, 0) is 40.9 Å². The lowest BCUT2D eigenvalue weighted by Gasteiger charge is -2.09. The van der Waals surface area contributed by atoms with Gasteiger partial charge in [0.2, 0.25) is 10.0 Å². The fourth-order valence-corrected chi connectivity index (χ4v) is 2.85. The van der Waals surface area contributed by atoms with E-state index in [1.165, 1.54) is 0 Å². The highest BCUT2D eigenvalue weighted by atomic mass is 79.9. The lowest BCUT2D eigenvalue weighted by molar-refractivity contribution is 0.587. The minimum atomic E-state index is -3.29. The van der Waals surface area contributed by atoms with Gasteiger partial charge in [0.15, 0.2) is 0 Å². The summed E-state index contributed by atoms with van der Waals surface area (Å²) in [4.78, 5) is 4.13. The molecule has 0 bridgehead atoms. The second-order valence-electron chi connectivity index (χ2n) is 4.04. The first kappa shape index (κ1) is 13.4. The van der Waals surface area contributed by atoms with E-state index in [1.54, 1.807) is 12.1 Å². The van der Waals surface area contributed by atoms with E-state index in [9.17, 15) is 8.42 Å². The topological polar surface area (TPSA) is 59.1 Å². The van der Waals surface area contributed by atoms with Crippen LogP contribution in [0.15, 0.2) is 16.6 Å². The van der Waals surface area contributed by atoms with E-state index < -0.39 is 10.0 Å². The second-order valence-corrected chi connectivity index (χ2v) is 6.66. The number of aromatic nitrogens is 1. The van der Waals surface area contributed by atoms with Gasteiger partial charge in [0.1, 0.15) is 5.82 Å². The normalized spacial score (nSPS) is 11.8. The molecule has 16 heavy (non-hydrogen) atoms. The molecule has 0 unspecified atom stereocenters. The molecule has 6 heteroatoms. The van der Waals surface area contributed by atoms with Crippen LogP contribution in [0.2, 0.25) is 0 Å². The van der Waals surface area contributed by atoms with Crippen molar-refractivity contribution in [3.05, 3.63) is 22.3 Å². The van der Waals surface area contributed by atoms with Gasteiger partial charge in [-0.15, -0.1) is 0 Å². The molecule has 0 atom stereocenters. The number of pyridine rings is 1. The van der Waals surface area contributed by atoms with Gasteiger partial charge >= 0.3 is 0 Å². The van der Waals surface area contributed by atoms with E-state index in [0.717, 1.165) is 10.2 Å². The maximum Gasteiger partial charge on any atom is 0.234 e. The van der Waals surface area contributed by atoms with Crippen molar-refractivity contribution in [1.82, 2.24) is 4.98 Å². The van der Waals surface area contributed by atoms with Crippen molar-refractivity contribution >= 4 is 31.8 Å². The van der Waals surface area contributed by atoms with Gasteiger partial charge in [0.05, 0.1) is 11.4 Å². The van der Waals surface area contributed by atoms with Crippen molar-refractivity contribution in [2.75, 3.05) is 10.5 Å². The SMILES string of the molecule is Cc1nc(NS(=O)(=O)CC(C)C)ccc1Br. The molecule has 90 valence electrons. The smallest absolute Gasteiger partial charge is 0.234 e. The van der Waals surface area contributed by atoms with Crippen molar-refractivity contribution in [1.29, 1.82) is 0 Å². The fourth-order valence-electron chi connectivity index (χ4n) is 1.24. The molecule has 1 N–H and O–H groups in total. The molecular weight excluding hydrogens is 292 g/mol. The molecule has 0 amide bonds. The highest BCUT2D eigenvalue weighted by Gasteiger charge is 2.13. The van der Waals surface area contributed by atoms with Gasteiger partial charge in [-0.2, -0.15) is 0 Å². The Morgan fingerprint density at radius 3 is 2.56 bits per heavy atom. The Morgan fingerprint density at radius 1 is 1.44 bits per heavy atom. The zero-order chi connectivity index (χ0) is 12.3. The van der Waals surface area contributed by atoms with Gasteiger partial charge in [0.25, 0.3) is 0 Å². The molecule has 0 saturated heterocycles. The molecule has 0 aliphatic carbocycles. The Morgan fingerprint density at radius 2 is 2.06 bits per heavy atom. The van der Waals surface area contributed by atoms with Crippen LogP contribution in [0.5, 0.6) is 0 Å². The van der Waals surface area contributed by atoms with Crippen molar-refractivity contribution in [2.45, 2.75) is 20.8 Å². The summed E-state index contributed by atoms with van der Waals surface area (Å²) < 4.78 is 26.6. The summed E-state index contributed by atoms with van der Waals surface area (Å²) in [5, 5.41) is 0. The van der Waals surface area contributed by atoms with Crippen LogP contribution >= 0.6 is 15.9 Å². The van der Waals surface area contributed by atoms with E-state index in [0.29, 0.717) is 5.82 Å². The molecule has 0 aliphatic rings. The number of aryl methyl sites for hydroxylation is 1. The molecule has 1 aromatic heterocycles. The van der Waals surface area contributed by atoms with E-state index in [4.69, 9.17) is 0 Å². The predicted octanol–water partition coefficient (Wildman–Crippen LogP) is 2.55. The summed E-state index contributed by atoms with van der Waals surface area (Å²) in [7, 11) is -3.29. The molecule has 1 heterocycles. The highest BCUT2D eigenvalue weighted by Crippen LogP contribution is 2.17. The second kappa shape index (κ2) is 5.14. The van der Waals surface area contributed by atoms with E-state index in [1.807, 2.05) is 20.8 Å². The Hall–Kier alpha value is -0.620. The van der Waals surface area contributed by atoms with Crippen LogP contribution in [0.1, 0.15) is 19.5 Å². The summed E-state index contributed by atoms with van der Waals surface area (Å²) in [6, 6.07) is 3.41. The van der Waals surface area contributed by atoms with Crippen LogP contribution in [0, 0.1) is 12.8 Å². The average Bonchev–Trinajstić information content (AvgIpc) is 2.08. The summed E-state index contributed by atoms with van der Waals surface area (Å²) >= 11 is 3.31. The van der Waals surface area contributed by atoms with Crippen LogP contribution < -0.4 is 4.72 Å². The molecule has 0 aromatic carbocycles. The summed E-state index contributed by atoms with van der Waals surface area (Å²) in [6.07, 6.45) is 0. The van der Waals surface area contributed by atoms with Crippen molar-refractivity contribution < 1.29 is 8.42 Å².